The van der Waals surface area contributed by atoms with Gasteiger partial charge in [-0.25, -0.2) is 22.7 Å². The minimum Gasteiger partial charge on any atom is -0.444 e. The third kappa shape index (κ3) is 20.3. The first-order valence-electron chi connectivity index (χ1n) is 26.6. The van der Waals surface area contributed by atoms with Gasteiger partial charge in [-0.1, -0.05) is 68.7 Å². The van der Waals surface area contributed by atoms with Gasteiger partial charge in [0.05, 0.1) is 47.6 Å². The van der Waals surface area contributed by atoms with Crippen LogP contribution in [0, 0.1) is 29.6 Å². The number of nitrogens with one attached hydrogen (secondary N) is 6. The molecule has 1 unspecified atom stereocenters. The highest BCUT2D eigenvalue weighted by atomic mass is 32.2. The Hall–Kier alpha value is -5.59. The number of anilines is 1. The Morgan fingerprint density at radius 3 is 1.88 bits per heavy atom. The van der Waals surface area contributed by atoms with Crippen LogP contribution in [0.3, 0.4) is 0 Å². The quantitative estimate of drug-likeness (QED) is 0.0565. The number of benzene rings is 1. The number of hydrogen-bond donors (Lipinski definition) is 7. The fraction of sp³-hybridized carbons (Fsp3) is 0.736. The van der Waals surface area contributed by atoms with Crippen LogP contribution in [0.2, 0.25) is 0 Å². The highest BCUT2D eigenvalue weighted by Gasteiger charge is 2.44. The number of nitrogens with zero attached hydrogens (tertiary/aromatic N) is 3. The number of hydrogen-bond acceptors (Lipinski definition) is 14. The molecule has 1 aromatic rings. The molecule has 0 radical (unpaired) electrons. The minimum absolute atomic E-state index is 0.0132. The van der Waals surface area contributed by atoms with E-state index >= 15 is 0 Å². The maximum absolute atomic E-state index is 14.4. The number of primary amides is 1. The van der Waals surface area contributed by atoms with Gasteiger partial charge < -0.3 is 56.3 Å². The summed E-state index contributed by atoms with van der Waals surface area (Å²) >= 11 is 0. The second-order valence-corrected chi connectivity index (χ2v) is 24.0. The SMILES string of the molecule is CC[C@H](C)C([C@@H](CC(=O)N1CCC[C@H]1[C@H](OC)[C@@H](C)C(=O)NS(=O)(=O)c1ccc(NC(=O)[C@H](CCCNC(N)=O)NC(=O)[C@@H](NC(=O)OC(C)(C)C)C(C)C)cc1)OC)N(C)C(=O)[C@@H](NC(=O)[C@H](C(C)C)N(C)C)C(C)C. The average Bonchev–Trinajstić information content (AvgIpc) is 3.81. The normalized spacial score (nSPS) is 17.5. The molecule has 8 N–H and O–H groups in total. The molecule has 77 heavy (non-hydrogen) atoms. The number of urea groups is 1. The lowest BCUT2D eigenvalue weighted by Gasteiger charge is -2.41. The van der Waals surface area contributed by atoms with Crippen LogP contribution in [0.15, 0.2) is 29.2 Å². The van der Waals surface area contributed by atoms with Gasteiger partial charge in [-0.3, -0.25) is 33.7 Å². The number of carbonyl (C=O) groups is 8. The van der Waals surface area contributed by atoms with E-state index in [0.717, 1.165) is 0 Å². The Kier molecular flexibility index (Phi) is 26.8. The first kappa shape index (κ1) is 67.5. The highest BCUT2D eigenvalue weighted by molar-refractivity contribution is 7.90. The number of sulfonamides is 1. The molecule has 1 aliphatic heterocycles. The molecule has 9 amide bonds. The zero-order valence-corrected chi connectivity index (χ0v) is 49.4. The van der Waals surface area contributed by atoms with Crippen LogP contribution in [-0.2, 0) is 53.0 Å². The predicted octanol–water partition coefficient (Wildman–Crippen LogP) is 3.56. The molecule has 10 atom stereocenters. The molecule has 438 valence electrons. The van der Waals surface area contributed by atoms with E-state index in [9.17, 15) is 46.8 Å². The number of likely N-dealkylation sites (N-methyl/N-ethyl adjacent to an activating group) is 2. The van der Waals surface area contributed by atoms with Gasteiger partial charge in [-0.15, -0.1) is 0 Å². The highest BCUT2D eigenvalue weighted by Crippen LogP contribution is 2.30. The fourth-order valence-corrected chi connectivity index (χ4v) is 10.7. The van der Waals surface area contributed by atoms with E-state index in [1.165, 1.54) is 45.4 Å². The topological polar surface area (TPSA) is 306 Å². The molecular formula is C53H92N10O13S. The number of methoxy groups -OCH3 is 2. The standard InChI is InChI=1S/C53H92N10O13S/c1-18-33(8)44(62(15)50(69)42(31(4)5)58-49(68)43(32(6)7)61(13)14)39(74-16)29-40(64)63-28-20-22-38(63)45(75-17)34(9)46(65)60-77(72,73)36-25-23-35(24-26-36)56-47(66)37(21-19-27-55-51(54)70)57-48(67)41(30(2)3)59-52(71)76-53(10,11)12/h23-26,30-34,37-39,41-45H,18-22,27-29H2,1-17H3,(H,56,66)(H,57,67)(H,58,68)(H,59,71)(H,60,65)(H3,54,55,70)/t33-,34+,37-,38-,39+,41-,42-,43-,44?,45+/m0/s1. The summed E-state index contributed by atoms with van der Waals surface area (Å²) in [4.78, 5) is 112. The molecule has 0 saturated carbocycles. The zero-order valence-electron chi connectivity index (χ0n) is 48.6. The molecule has 2 rings (SSSR count). The van der Waals surface area contributed by atoms with Crippen molar-refractivity contribution in [2.24, 2.45) is 35.3 Å². The first-order chi connectivity index (χ1) is 35.7. The lowest BCUT2D eigenvalue weighted by atomic mass is 9.89. The molecule has 0 aliphatic carbocycles. The van der Waals surface area contributed by atoms with Crippen LogP contribution in [0.4, 0.5) is 15.3 Å². The summed E-state index contributed by atoms with van der Waals surface area (Å²) in [6.07, 6.45) is -0.689. The van der Waals surface area contributed by atoms with E-state index in [0.29, 0.717) is 25.8 Å². The largest absolute Gasteiger partial charge is 0.444 e. The van der Waals surface area contributed by atoms with Crippen LogP contribution >= 0.6 is 0 Å². The summed E-state index contributed by atoms with van der Waals surface area (Å²) in [7, 11) is 3.69. The van der Waals surface area contributed by atoms with Gasteiger partial charge in [0.1, 0.15) is 23.7 Å². The van der Waals surface area contributed by atoms with Crippen molar-refractivity contribution in [1.82, 2.24) is 40.7 Å². The molecule has 0 aromatic heterocycles. The van der Waals surface area contributed by atoms with E-state index in [2.05, 4.69) is 31.3 Å². The first-order valence-corrected chi connectivity index (χ1v) is 28.1. The third-order valence-electron chi connectivity index (χ3n) is 13.8. The Balaban J connectivity index is 2.28. The summed E-state index contributed by atoms with van der Waals surface area (Å²) in [5.74, 6) is -5.00. The Morgan fingerprint density at radius 1 is 0.792 bits per heavy atom. The molecule has 23 nitrogen and oxygen atoms in total. The Bertz CT molecular complexity index is 2250. The van der Waals surface area contributed by atoms with Gasteiger partial charge in [-0.2, -0.15) is 0 Å². The molecule has 1 heterocycles. The van der Waals surface area contributed by atoms with Crippen molar-refractivity contribution in [2.45, 2.75) is 181 Å². The van der Waals surface area contributed by atoms with Crippen LogP contribution < -0.4 is 37.0 Å². The van der Waals surface area contributed by atoms with Gasteiger partial charge in [0.2, 0.25) is 35.4 Å². The minimum atomic E-state index is -4.49. The van der Waals surface area contributed by atoms with E-state index in [4.69, 9.17) is 19.9 Å². The van der Waals surface area contributed by atoms with Crippen LogP contribution in [-0.4, -0.2) is 173 Å². The maximum atomic E-state index is 14.4. The van der Waals surface area contributed by atoms with Crippen molar-refractivity contribution >= 4 is 63.3 Å². The lowest BCUT2D eigenvalue weighted by molar-refractivity contribution is -0.148. The Morgan fingerprint density at radius 2 is 1.39 bits per heavy atom. The summed E-state index contributed by atoms with van der Waals surface area (Å²) < 4.78 is 46.7. The van der Waals surface area contributed by atoms with Crippen molar-refractivity contribution in [3.8, 4) is 0 Å². The fourth-order valence-electron chi connectivity index (χ4n) is 9.66. The number of ether oxygens (including phenoxy) is 3. The monoisotopic (exact) mass is 1110 g/mol. The van der Waals surface area contributed by atoms with E-state index in [-0.39, 0.29) is 71.9 Å². The molecule has 1 saturated heterocycles. The van der Waals surface area contributed by atoms with Crippen molar-refractivity contribution in [3.05, 3.63) is 24.3 Å². The Labute approximate surface area is 457 Å². The average molecular weight is 1110 g/mol. The summed E-state index contributed by atoms with van der Waals surface area (Å²) in [5.41, 5.74) is 4.50. The van der Waals surface area contributed by atoms with Gasteiger partial charge in [0.15, 0.2) is 0 Å². The number of carbonyl (C=O) groups excluding carboxylic acids is 8. The van der Waals surface area contributed by atoms with Gasteiger partial charge in [0, 0.05) is 40.0 Å². The number of rotatable bonds is 29. The molecular weight excluding hydrogens is 1020 g/mol. The zero-order chi connectivity index (χ0) is 58.9. The molecule has 1 aliphatic rings. The summed E-state index contributed by atoms with van der Waals surface area (Å²) in [6, 6.07) is -0.565. The van der Waals surface area contributed by atoms with Gasteiger partial charge in [0.25, 0.3) is 10.0 Å². The van der Waals surface area contributed by atoms with E-state index < -0.39 is 106 Å². The summed E-state index contributed by atoms with van der Waals surface area (Å²) in [5, 5.41) is 13.3. The number of likely N-dealkylation sites (tertiary alicyclic amines) is 1. The second-order valence-electron chi connectivity index (χ2n) is 22.3. The van der Waals surface area contributed by atoms with Gasteiger partial charge >= 0.3 is 12.1 Å². The molecule has 0 bridgehead atoms. The molecule has 1 fully saturated rings. The smallest absolute Gasteiger partial charge is 0.408 e. The summed E-state index contributed by atoms with van der Waals surface area (Å²) in [6.45, 7) is 21.9. The van der Waals surface area contributed by atoms with Crippen molar-refractivity contribution in [1.29, 1.82) is 0 Å². The lowest BCUT2D eigenvalue weighted by Crippen LogP contribution is -2.59. The maximum Gasteiger partial charge on any atom is 0.408 e. The van der Waals surface area contributed by atoms with Crippen molar-refractivity contribution < 1.29 is 61.0 Å². The van der Waals surface area contributed by atoms with Crippen molar-refractivity contribution in [3.63, 3.8) is 0 Å². The number of alkyl carbamates (subject to hydrolysis) is 1. The molecule has 0 spiro atoms. The second kappa shape index (κ2) is 30.5. The van der Waals surface area contributed by atoms with E-state index in [1.54, 1.807) is 51.5 Å². The van der Waals surface area contributed by atoms with Crippen LogP contribution in [0.1, 0.15) is 122 Å². The van der Waals surface area contributed by atoms with E-state index in [1.807, 2.05) is 60.5 Å². The van der Waals surface area contributed by atoms with Crippen LogP contribution in [0.25, 0.3) is 0 Å². The van der Waals surface area contributed by atoms with Crippen LogP contribution in [0.5, 0.6) is 0 Å². The third-order valence-corrected chi connectivity index (χ3v) is 15.2. The molecule has 1 aromatic carbocycles. The van der Waals surface area contributed by atoms with Crippen molar-refractivity contribution in [2.75, 3.05) is 53.8 Å². The number of amides is 9. The van der Waals surface area contributed by atoms with Gasteiger partial charge in [-0.05, 0) is 108 Å². The number of nitrogens with two attached hydrogens (primary N) is 1. The predicted molar refractivity (Wildman–Crippen MR) is 292 cm³/mol. The molecule has 24 heteroatoms.